The van der Waals surface area contributed by atoms with E-state index < -0.39 is 0 Å². The molecule has 0 aromatic carbocycles. The van der Waals surface area contributed by atoms with E-state index >= 15 is 0 Å². The second-order valence-corrected chi connectivity index (χ2v) is 14.3. The Hall–Kier alpha value is -2.05. The molecular formula is C46H83N3. The van der Waals surface area contributed by atoms with Crippen molar-refractivity contribution in [1.29, 1.82) is 0 Å². The van der Waals surface area contributed by atoms with Crippen molar-refractivity contribution in [3.05, 3.63) is 48.6 Å². The molecule has 0 heterocycles. The van der Waals surface area contributed by atoms with Crippen LogP contribution in [0.4, 0.5) is 0 Å². The minimum Gasteiger partial charge on any atom is -0.379 e. The van der Waals surface area contributed by atoms with Gasteiger partial charge in [0.1, 0.15) is 6.04 Å². The van der Waals surface area contributed by atoms with E-state index in [4.69, 9.17) is 6.42 Å². The lowest BCUT2D eigenvalue weighted by Crippen LogP contribution is -2.33. The molecule has 3 heteroatoms. The Kier molecular flexibility index (Phi) is 38.7. The van der Waals surface area contributed by atoms with Gasteiger partial charge in [0.25, 0.3) is 0 Å². The van der Waals surface area contributed by atoms with Crippen molar-refractivity contribution in [1.82, 2.24) is 10.2 Å². The van der Waals surface area contributed by atoms with Crippen molar-refractivity contribution in [2.45, 2.75) is 206 Å². The van der Waals surface area contributed by atoms with E-state index in [1.165, 1.54) is 154 Å². The van der Waals surface area contributed by atoms with Crippen molar-refractivity contribution in [2.75, 3.05) is 20.6 Å². The van der Waals surface area contributed by atoms with Crippen LogP contribution >= 0.6 is 0 Å². The summed E-state index contributed by atoms with van der Waals surface area (Å²) in [6.45, 7) is 5.65. The maximum Gasteiger partial charge on any atom is 0.112 e. The molecule has 49 heavy (non-hydrogen) atoms. The Morgan fingerprint density at radius 1 is 0.551 bits per heavy atom. The third-order valence-electron chi connectivity index (χ3n) is 9.66. The molecule has 0 aliphatic rings. The van der Waals surface area contributed by atoms with Gasteiger partial charge >= 0.3 is 0 Å². The average molecular weight is 678 g/mol. The van der Waals surface area contributed by atoms with Crippen LogP contribution < -0.4 is 5.32 Å². The highest BCUT2D eigenvalue weighted by atomic mass is 15.1. The predicted molar refractivity (Wildman–Crippen MR) is 224 cm³/mol. The SMILES string of the molecule is C#CC(CCCN(C)C(CCCCCCCC/C=C\C/C=C\CCCCC)CCCCCCCC/C=C\C/C=C\CCCCC)/N=C\NC. The number of aliphatic imine (C=N–C) groups is 1. The van der Waals surface area contributed by atoms with E-state index in [0.29, 0.717) is 6.04 Å². The first kappa shape index (κ1) is 47.0. The van der Waals surface area contributed by atoms with Gasteiger partial charge in [-0.2, -0.15) is 0 Å². The molecule has 0 aliphatic carbocycles. The molecule has 0 saturated carbocycles. The summed E-state index contributed by atoms with van der Waals surface area (Å²) in [5.74, 6) is 2.84. The molecule has 1 unspecified atom stereocenters. The number of hydrogen-bond donors (Lipinski definition) is 1. The second kappa shape index (κ2) is 40.4. The fourth-order valence-corrected chi connectivity index (χ4v) is 6.40. The van der Waals surface area contributed by atoms with Crippen LogP contribution in [-0.4, -0.2) is 44.0 Å². The highest BCUT2D eigenvalue weighted by Crippen LogP contribution is 2.19. The number of nitrogens with zero attached hydrogens (tertiary/aromatic N) is 2. The van der Waals surface area contributed by atoms with Gasteiger partial charge in [-0.05, 0) is 103 Å². The topological polar surface area (TPSA) is 27.6 Å². The first-order valence-corrected chi connectivity index (χ1v) is 21.1. The molecule has 0 amide bonds. The zero-order valence-corrected chi connectivity index (χ0v) is 33.3. The first-order valence-electron chi connectivity index (χ1n) is 21.1. The minimum atomic E-state index is -0.0143. The molecular weight excluding hydrogens is 595 g/mol. The largest absolute Gasteiger partial charge is 0.379 e. The summed E-state index contributed by atoms with van der Waals surface area (Å²) in [5.41, 5.74) is 0. The fraction of sp³-hybridized carbons (Fsp3) is 0.761. The lowest BCUT2D eigenvalue weighted by Gasteiger charge is -2.28. The Morgan fingerprint density at radius 3 is 1.37 bits per heavy atom. The van der Waals surface area contributed by atoms with E-state index in [9.17, 15) is 0 Å². The molecule has 3 nitrogen and oxygen atoms in total. The number of allylic oxidation sites excluding steroid dienone is 8. The smallest absolute Gasteiger partial charge is 0.112 e. The lowest BCUT2D eigenvalue weighted by atomic mass is 9.98. The molecule has 0 aliphatic heterocycles. The summed E-state index contributed by atoms with van der Waals surface area (Å²) in [7, 11) is 4.22. The molecule has 0 saturated heterocycles. The maximum absolute atomic E-state index is 5.72. The first-order chi connectivity index (χ1) is 24.2. The van der Waals surface area contributed by atoms with Crippen LogP contribution in [0.1, 0.15) is 194 Å². The molecule has 0 rings (SSSR count). The third kappa shape index (κ3) is 35.6. The van der Waals surface area contributed by atoms with Gasteiger partial charge in [-0.3, -0.25) is 4.99 Å². The summed E-state index contributed by atoms with van der Waals surface area (Å²) in [6.07, 6.45) is 62.7. The van der Waals surface area contributed by atoms with Crippen molar-refractivity contribution >= 4 is 6.34 Å². The molecule has 1 atom stereocenters. The number of terminal acetylenes is 1. The quantitative estimate of drug-likeness (QED) is 0.0233. The van der Waals surface area contributed by atoms with Gasteiger partial charge in [0.2, 0.25) is 0 Å². The molecule has 1 N–H and O–H groups in total. The Labute approximate surface area is 308 Å². The number of rotatable bonds is 37. The van der Waals surface area contributed by atoms with Gasteiger partial charge in [0, 0.05) is 13.1 Å². The minimum absolute atomic E-state index is 0.0143. The van der Waals surface area contributed by atoms with Crippen molar-refractivity contribution in [2.24, 2.45) is 4.99 Å². The number of nitrogens with one attached hydrogen (secondary N) is 1. The lowest BCUT2D eigenvalue weighted by molar-refractivity contribution is 0.205. The van der Waals surface area contributed by atoms with Gasteiger partial charge < -0.3 is 10.2 Å². The highest BCUT2D eigenvalue weighted by molar-refractivity contribution is 5.54. The summed E-state index contributed by atoms with van der Waals surface area (Å²) in [6, 6.07) is 0.682. The summed E-state index contributed by atoms with van der Waals surface area (Å²) < 4.78 is 0. The molecule has 0 bridgehead atoms. The number of hydrogen-bond acceptors (Lipinski definition) is 2. The Bertz CT molecular complexity index is 797. The van der Waals surface area contributed by atoms with Crippen molar-refractivity contribution in [3.63, 3.8) is 0 Å². The standard InChI is InChI=1S/C46H83N3/c1-6-9-11-13-15-17-19-21-23-25-27-29-31-33-35-37-41-46(49(5)43-39-40-45(8-3)48-44-47-4)42-38-36-34-32-30-28-26-24-22-20-18-16-14-12-10-7-2/h3,15-18,21-24,44-46H,6-7,9-14,19-20,25-43H2,1-2,4-5H3,(H,47,48)/b17-15-,18-16-,23-21-,24-22-. The summed E-state index contributed by atoms with van der Waals surface area (Å²) >= 11 is 0. The van der Waals surface area contributed by atoms with Crippen molar-refractivity contribution in [3.8, 4) is 12.3 Å². The zero-order chi connectivity index (χ0) is 35.7. The van der Waals surface area contributed by atoms with Crippen LogP contribution in [0.25, 0.3) is 0 Å². The van der Waals surface area contributed by atoms with Crippen LogP contribution in [0, 0.1) is 12.3 Å². The maximum atomic E-state index is 5.72. The van der Waals surface area contributed by atoms with Gasteiger partial charge in [-0.15, -0.1) is 6.42 Å². The van der Waals surface area contributed by atoms with E-state index in [-0.39, 0.29) is 6.04 Å². The second-order valence-electron chi connectivity index (χ2n) is 14.3. The van der Waals surface area contributed by atoms with Gasteiger partial charge in [0.05, 0.1) is 6.34 Å². The van der Waals surface area contributed by atoms with E-state index in [0.717, 1.165) is 32.2 Å². The number of unbranched alkanes of at least 4 members (excludes halogenated alkanes) is 18. The fourth-order valence-electron chi connectivity index (χ4n) is 6.40. The summed E-state index contributed by atoms with van der Waals surface area (Å²) in [5, 5.41) is 2.97. The van der Waals surface area contributed by atoms with Gasteiger partial charge in [-0.1, -0.05) is 158 Å². The van der Waals surface area contributed by atoms with Crippen LogP contribution in [0.5, 0.6) is 0 Å². The monoisotopic (exact) mass is 678 g/mol. The zero-order valence-electron chi connectivity index (χ0n) is 33.3. The van der Waals surface area contributed by atoms with E-state index in [2.05, 4.69) is 90.6 Å². The van der Waals surface area contributed by atoms with Crippen molar-refractivity contribution < 1.29 is 0 Å². The summed E-state index contributed by atoms with van der Waals surface area (Å²) in [4.78, 5) is 7.08. The highest BCUT2D eigenvalue weighted by Gasteiger charge is 2.15. The van der Waals surface area contributed by atoms with Crippen LogP contribution in [0.2, 0.25) is 0 Å². The van der Waals surface area contributed by atoms with Gasteiger partial charge in [-0.25, -0.2) is 0 Å². The molecule has 0 spiro atoms. The Balaban J connectivity index is 4.24. The van der Waals surface area contributed by atoms with Crippen LogP contribution in [0.3, 0.4) is 0 Å². The van der Waals surface area contributed by atoms with E-state index in [1.807, 2.05) is 7.05 Å². The van der Waals surface area contributed by atoms with E-state index in [1.54, 1.807) is 6.34 Å². The van der Waals surface area contributed by atoms with Crippen LogP contribution in [0.15, 0.2) is 53.6 Å². The normalized spacial score (nSPS) is 13.1. The van der Waals surface area contributed by atoms with Crippen LogP contribution in [-0.2, 0) is 0 Å². The predicted octanol–water partition coefficient (Wildman–Crippen LogP) is 13.7. The van der Waals surface area contributed by atoms with Gasteiger partial charge in [0.15, 0.2) is 0 Å². The molecule has 0 aromatic heterocycles. The third-order valence-corrected chi connectivity index (χ3v) is 9.66. The average Bonchev–Trinajstić information content (AvgIpc) is 3.11. The Morgan fingerprint density at radius 2 is 0.959 bits per heavy atom. The molecule has 282 valence electrons. The molecule has 0 fully saturated rings. The molecule has 0 radical (unpaired) electrons. The molecule has 0 aromatic rings.